The standard InChI is InChI=1S/C15H22OS/c1-11(2)17-10-15(16)14-9-4-3-8-13(14)12-6-5-7-12/h3-4,8-9,11-12,15-16H,5-7,10H2,1-2H3. The van der Waals surface area contributed by atoms with Crippen LogP contribution >= 0.6 is 11.8 Å². The van der Waals surface area contributed by atoms with Gasteiger partial charge in [0.1, 0.15) is 0 Å². The fourth-order valence-electron chi connectivity index (χ4n) is 2.28. The van der Waals surface area contributed by atoms with Crippen molar-refractivity contribution in [3.8, 4) is 0 Å². The number of rotatable bonds is 5. The second-order valence-corrected chi connectivity index (χ2v) is 6.76. The number of benzene rings is 1. The van der Waals surface area contributed by atoms with Crippen LogP contribution in [0.3, 0.4) is 0 Å². The molecule has 1 nitrogen and oxygen atoms in total. The molecule has 1 unspecified atom stereocenters. The van der Waals surface area contributed by atoms with Crippen molar-refractivity contribution in [2.45, 2.75) is 50.4 Å². The molecule has 1 aromatic carbocycles. The van der Waals surface area contributed by atoms with Gasteiger partial charge < -0.3 is 5.11 Å². The van der Waals surface area contributed by atoms with Crippen molar-refractivity contribution in [2.75, 3.05) is 5.75 Å². The fraction of sp³-hybridized carbons (Fsp3) is 0.600. The molecule has 1 saturated carbocycles. The summed E-state index contributed by atoms with van der Waals surface area (Å²) in [6, 6.07) is 8.43. The van der Waals surface area contributed by atoms with E-state index in [-0.39, 0.29) is 6.10 Å². The summed E-state index contributed by atoms with van der Waals surface area (Å²) in [6.07, 6.45) is 3.62. The molecule has 1 N–H and O–H groups in total. The zero-order valence-corrected chi connectivity index (χ0v) is 11.5. The van der Waals surface area contributed by atoms with E-state index in [9.17, 15) is 5.11 Å². The van der Waals surface area contributed by atoms with Crippen molar-refractivity contribution in [3.05, 3.63) is 35.4 Å². The Labute approximate surface area is 109 Å². The molecule has 0 radical (unpaired) electrons. The van der Waals surface area contributed by atoms with Crippen LogP contribution in [-0.4, -0.2) is 16.1 Å². The third-order valence-corrected chi connectivity index (χ3v) is 4.66. The highest BCUT2D eigenvalue weighted by Crippen LogP contribution is 2.39. The lowest BCUT2D eigenvalue weighted by Crippen LogP contribution is -2.14. The van der Waals surface area contributed by atoms with Gasteiger partial charge in [0.2, 0.25) is 0 Å². The SMILES string of the molecule is CC(C)SCC(O)c1ccccc1C1CCC1. The van der Waals surface area contributed by atoms with Crippen LogP contribution in [0.2, 0.25) is 0 Å². The zero-order valence-electron chi connectivity index (χ0n) is 10.7. The van der Waals surface area contributed by atoms with Gasteiger partial charge in [0.15, 0.2) is 0 Å². The molecule has 0 aromatic heterocycles. The maximum absolute atomic E-state index is 10.3. The Morgan fingerprint density at radius 1 is 1.29 bits per heavy atom. The average Bonchev–Trinajstić information content (AvgIpc) is 2.24. The Balaban J connectivity index is 2.07. The van der Waals surface area contributed by atoms with Crippen LogP contribution in [0.25, 0.3) is 0 Å². The zero-order chi connectivity index (χ0) is 12.3. The fourth-order valence-corrected chi connectivity index (χ4v) is 3.03. The Kier molecular flexibility index (Phi) is 4.52. The topological polar surface area (TPSA) is 20.2 Å². The number of aliphatic hydroxyl groups excluding tert-OH is 1. The van der Waals surface area contributed by atoms with E-state index in [1.807, 2.05) is 17.8 Å². The summed E-state index contributed by atoms with van der Waals surface area (Å²) in [5, 5.41) is 10.9. The number of aliphatic hydroxyl groups is 1. The van der Waals surface area contributed by atoms with Crippen molar-refractivity contribution in [1.82, 2.24) is 0 Å². The van der Waals surface area contributed by atoms with Crippen molar-refractivity contribution in [3.63, 3.8) is 0 Å². The molecule has 0 spiro atoms. The minimum atomic E-state index is -0.306. The maximum atomic E-state index is 10.3. The van der Waals surface area contributed by atoms with Gasteiger partial charge in [-0.1, -0.05) is 44.5 Å². The first-order valence-electron chi connectivity index (χ1n) is 6.57. The van der Waals surface area contributed by atoms with Crippen molar-refractivity contribution in [1.29, 1.82) is 0 Å². The van der Waals surface area contributed by atoms with E-state index in [0.29, 0.717) is 11.2 Å². The van der Waals surface area contributed by atoms with E-state index in [1.165, 1.54) is 24.8 Å². The van der Waals surface area contributed by atoms with Crippen molar-refractivity contribution >= 4 is 11.8 Å². The molecule has 1 atom stereocenters. The van der Waals surface area contributed by atoms with Gasteiger partial charge in [-0.05, 0) is 35.1 Å². The predicted octanol–water partition coefficient (Wildman–Crippen LogP) is 4.13. The van der Waals surface area contributed by atoms with Crippen LogP contribution in [-0.2, 0) is 0 Å². The minimum Gasteiger partial charge on any atom is -0.388 e. The van der Waals surface area contributed by atoms with Crippen LogP contribution in [0, 0.1) is 0 Å². The van der Waals surface area contributed by atoms with Gasteiger partial charge in [-0.15, -0.1) is 0 Å². The molecule has 2 heteroatoms. The molecule has 17 heavy (non-hydrogen) atoms. The molecule has 1 aliphatic carbocycles. The predicted molar refractivity (Wildman–Crippen MR) is 75.6 cm³/mol. The molecule has 0 saturated heterocycles. The van der Waals surface area contributed by atoms with Crippen LogP contribution < -0.4 is 0 Å². The lowest BCUT2D eigenvalue weighted by Gasteiger charge is -2.29. The van der Waals surface area contributed by atoms with E-state index in [2.05, 4.69) is 32.0 Å². The summed E-state index contributed by atoms with van der Waals surface area (Å²) in [5.41, 5.74) is 2.54. The third kappa shape index (κ3) is 3.26. The summed E-state index contributed by atoms with van der Waals surface area (Å²) in [5.74, 6) is 1.51. The minimum absolute atomic E-state index is 0.306. The van der Waals surface area contributed by atoms with Gasteiger partial charge in [-0.2, -0.15) is 11.8 Å². The Hall–Kier alpha value is -0.470. The lowest BCUT2D eigenvalue weighted by molar-refractivity contribution is 0.201. The summed E-state index contributed by atoms with van der Waals surface area (Å²) in [4.78, 5) is 0. The van der Waals surface area contributed by atoms with Gasteiger partial charge in [-0.25, -0.2) is 0 Å². The quantitative estimate of drug-likeness (QED) is 0.848. The molecule has 2 rings (SSSR count). The molecule has 1 fully saturated rings. The molecule has 0 amide bonds. The molecule has 1 aliphatic rings. The van der Waals surface area contributed by atoms with Crippen LogP contribution in [0.4, 0.5) is 0 Å². The van der Waals surface area contributed by atoms with Crippen LogP contribution in [0.5, 0.6) is 0 Å². The summed E-state index contributed by atoms with van der Waals surface area (Å²) in [6.45, 7) is 4.35. The van der Waals surface area contributed by atoms with Gasteiger partial charge in [0.25, 0.3) is 0 Å². The molecule has 0 bridgehead atoms. The van der Waals surface area contributed by atoms with Crippen molar-refractivity contribution < 1.29 is 5.11 Å². The van der Waals surface area contributed by atoms with Crippen molar-refractivity contribution in [2.24, 2.45) is 0 Å². The highest BCUT2D eigenvalue weighted by molar-refractivity contribution is 7.99. The second kappa shape index (κ2) is 5.92. The summed E-state index contributed by atoms with van der Waals surface area (Å²) < 4.78 is 0. The normalized spacial score (nSPS) is 18.1. The first-order valence-corrected chi connectivity index (χ1v) is 7.62. The Morgan fingerprint density at radius 2 is 2.00 bits per heavy atom. The third-order valence-electron chi connectivity index (χ3n) is 3.49. The summed E-state index contributed by atoms with van der Waals surface area (Å²) >= 11 is 1.83. The molecule has 1 aromatic rings. The Morgan fingerprint density at radius 3 is 2.59 bits per heavy atom. The van der Waals surface area contributed by atoms with Gasteiger partial charge in [0.05, 0.1) is 6.10 Å². The highest BCUT2D eigenvalue weighted by atomic mass is 32.2. The summed E-state index contributed by atoms with van der Waals surface area (Å²) in [7, 11) is 0. The van der Waals surface area contributed by atoms with E-state index in [0.717, 1.165) is 11.3 Å². The molecular weight excluding hydrogens is 228 g/mol. The van der Waals surface area contributed by atoms with Gasteiger partial charge >= 0.3 is 0 Å². The maximum Gasteiger partial charge on any atom is 0.0883 e. The first-order chi connectivity index (χ1) is 8.18. The van der Waals surface area contributed by atoms with E-state index >= 15 is 0 Å². The van der Waals surface area contributed by atoms with E-state index < -0.39 is 0 Å². The number of hydrogen-bond acceptors (Lipinski definition) is 2. The molecule has 0 heterocycles. The monoisotopic (exact) mass is 250 g/mol. The second-order valence-electron chi connectivity index (χ2n) is 5.15. The van der Waals surface area contributed by atoms with Crippen LogP contribution in [0.1, 0.15) is 56.3 Å². The highest BCUT2D eigenvalue weighted by Gasteiger charge is 2.24. The first kappa shape index (κ1) is 13.0. The largest absolute Gasteiger partial charge is 0.388 e. The van der Waals surface area contributed by atoms with Gasteiger partial charge in [-0.3, -0.25) is 0 Å². The molecule has 94 valence electrons. The number of thioether (sulfide) groups is 1. The van der Waals surface area contributed by atoms with Gasteiger partial charge in [0, 0.05) is 5.75 Å². The molecule has 0 aliphatic heterocycles. The van der Waals surface area contributed by atoms with Crippen LogP contribution in [0.15, 0.2) is 24.3 Å². The smallest absolute Gasteiger partial charge is 0.0883 e. The molecular formula is C15H22OS. The lowest BCUT2D eigenvalue weighted by atomic mass is 9.77. The number of hydrogen-bond donors (Lipinski definition) is 1. The Bertz CT molecular complexity index is 358. The van der Waals surface area contributed by atoms with E-state index in [1.54, 1.807) is 0 Å². The van der Waals surface area contributed by atoms with E-state index in [4.69, 9.17) is 0 Å². The average molecular weight is 250 g/mol.